The molecule has 1 atom stereocenters. The Balaban J connectivity index is 1.99. The lowest BCUT2D eigenvalue weighted by Crippen LogP contribution is -2.27. The summed E-state index contributed by atoms with van der Waals surface area (Å²) >= 11 is 0. The van der Waals surface area contributed by atoms with Crippen LogP contribution in [0, 0.1) is 0 Å². The maximum Gasteiger partial charge on any atom is 0.0218 e. The fraction of sp³-hybridized carbons (Fsp3) is 0.176. The zero-order valence-electron chi connectivity index (χ0n) is 10.3. The van der Waals surface area contributed by atoms with Gasteiger partial charge in [-0.15, -0.1) is 0 Å². The first-order valence-corrected chi connectivity index (χ1v) is 6.46. The molecule has 0 radical (unpaired) electrons. The lowest BCUT2D eigenvalue weighted by molar-refractivity contribution is 0.675. The molecule has 0 fully saturated rings. The maximum atomic E-state index is 3.46. The van der Waals surface area contributed by atoms with Gasteiger partial charge < -0.3 is 5.32 Å². The third-order valence-electron chi connectivity index (χ3n) is 3.50. The van der Waals surface area contributed by atoms with Crippen LogP contribution in [-0.4, -0.2) is 13.1 Å². The molecule has 0 saturated carbocycles. The maximum absolute atomic E-state index is 3.46. The van der Waals surface area contributed by atoms with E-state index in [9.17, 15) is 0 Å². The van der Waals surface area contributed by atoms with Crippen LogP contribution in [0.2, 0.25) is 0 Å². The van der Waals surface area contributed by atoms with Crippen LogP contribution in [0.3, 0.4) is 0 Å². The minimum atomic E-state index is 0.461. The van der Waals surface area contributed by atoms with E-state index in [1.54, 1.807) is 0 Å². The highest BCUT2D eigenvalue weighted by atomic mass is 14.9. The van der Waals surface area contributed by atoms with Crippen molar-refractivity contribution in [3.63, 3.8) is 0 Å². The van der Waals surface area contributed by atoms with E-state index in [-0.39, 0.29) is 0 Å². The minimum absolute atomic E-state index is 0.461. The number of hydrogen-bond acceptors (Lipinski definition) is 1. The van der Waals surface area contributed by atoms with Crippen molar-refractivity contribution in [2.75, 3.05) is 13.1 Å². The Hall–Kier alpha value is -1.86. The fourth-order valence-corrected chi connectivity index (χ4v) is 2.59. The minimum Gasteiger partial charge on any atom is -0.312 e. The first kappa shape index (κ1) is 11.2. The number of benzene rings is 2. The predicted molar refractivity (Wildman–Crippen MR) is 76.5 cm³/mol. The Morgan fingerprint density at radius 2 is 1.50 bits per heavy atom. The third-order valence-corrected chi connectivity index (χ3v) is 3.50. The van der Waals surface area contributed by atoms with Crippen molar-refractivity contribution < 1.29 is 0 Å². The molecule has 1 aliphatic rings. The van der Waals surface area contributed by atoms with E-state index in [1.165, 1.54) is 16.7 Å². The van der Waals surface area contributed by atoms with Crippen molar-refractivity contribution in [1.29, 1.82) is 0 Å². The van der Waals surface area contributed by atoms with Crippen LogP contribution in [-0.2, 0) is 0 Å². The topological polar surface area (TPSA) is 12.0 Å². The van der Waals surface area contributed by atoms with Crippen molar-refractivity contribution in [2.45, 2.75) is 5.92 Å². The van der Waals surface area contributed by atoms with E-state index < -0.39 is 0 Å². The van der Waals surface area contributed by atoms with E-state index in [2.05, 4.69) is 72.1 Å². The first-order chi connectivity index (χ1) is 8.95. The molecule has 0 bridgehead atoms. The van der Waals surface area contributed by atoms with E-state index in [0.717, 1.165) is 13.1 Å². The van der Waals surface area contributed by atoms with Crippen molar-refractivity contribution >= 4 is 5.57 Å². The van der Waals surface area contributed by atoms with Gasteiger partial charge in [0, 0.05) is 19.0 Å². The van der Waals surface area contributed by atoms with E-state index >= 15 is 0 Å². The van der Waals surface area contributed by atoms with Crippen LogP contribution in [0.5, 0.6) is 0 Å². The van der Waals surface area contributed by atoms with Crippen LogP contribution in [0.25, 0.3) is 5.57 Å². The number of hydrogen-bond donors (Lipinski definition) is 1. The smallest absolute Gasteiger partial charge is 0.0218 e. The van der Waals surface area contributed by atoms with Crippen molar-refractivity contribution in [3.8, 4) is 0 Å². The van der Waals surface area contributed by atoms with Gasteiger partial charge in [-0.25, -0.2) is 0 Å². The molecular weight excluding hydrogens is 218 g/mol. The Kier molecular flexibility index (Phi) is 3.24. The van der Waals surface area contributed by atoms with Gasteiger partial charge in [-0.3, -0.25) is 0 Å². The molecule has 1 unspecified atom stereocenters. The molecule has 1 heterocycles. The molecule has 0 aliphatic carbocycles. The lowest BCUT2D eigenvalue weighted by Gasteiger charge is -2.26. The van der Waals surface area contributed by atoms with Crippen molar-refractivity contribution in [1.82, 2.24) is 5.32 Å². The highest BCUT2D eigenvalue weighted by Gasteiger charge is 2.20. The summed E-state index contributed by atoms with van der Waals surface area (Å²) < 4.78 is 0. The van der Waals surface area contributed by atoms with Gasteiger partial charge in [0.25, 0.3) is 0 Å². The Morgan fingerprint density at radius 1 is 0.833 bits per heavy atom. The van der Waals surface area contributed by atoms with E-state index in [4.69, 9.17) is 0 Å². The molecule has 0 spiro atoms. The van der Waals surface area contributed by atoms with Gasteiger partial charge in [-0.05, 0) is 16.7 Å². The quantitative estimate of drug-likeness (QED) is 0.840. The second-order valence-corrected chi connectivity index (χ2v) is 4.65. The molecule has 2 aromatic carbocycles. The van der Waals surface area contributed by atoms with Gasteiger partial charge >= 0.3 is 0 Å². The van der Waals surface area contributed by atoms with Crippen LogP contribution in [0.1, 0.15) is 17.0 Å². The van der Waals surface area contributed by atoms with Gasteiger partial charge in [0.15, 0.2) is 0 Å². The van der Waals surface area contributed by atoms with Crippen LogP contribution < -0.4 is 5.32 Å². The molecule has 90 valence electrons. The van der Waals surface area contributed by atoms with Gasteiger partial charge in [0.2, 0.25) is 0 Å². The molecule has 2 aromatic rings. The lowest BCUT2D eigenvalue weighted by atomic mass is 9.85. The summed E-state index contributed by atoms with van der Waals surface area (Å²) in [7, 11) is 0. The van der Waals surface area contributed by atoms with Crippen molar-refractivity contribution in [3.05, 3.63) is 77.9 Å². The molecular formula is C17H17N. The summed E-state index contributed by atoms with van der Waals surface area (Å²) in [6.07, 6.45) is 2.32. The highest BCUT2D eigenvalue weighted by molar-refractivity contribution is 5.72. The second-order valence-electron chi connectivity index (χ2n) is 4.65. The van der Waals surface area contributed by atoms with E-state index in [0.29, 0.717) is 5.92 Å². The second kappa shape index (κ2) is 5.19. The summed E-state index contributed by atoms with van der Waals surface area (Å²) in [5.41, 5.74) is 4.17. The van der Waals surface area contributed by atoms with Gasteiger partial charge in [0.05, 0.1) is 0 Å². The Bertz CT molecular complexity index is 528. The zero-order valence-corrected chi connectivity index (χ0v) is 10.3. The SMILES string of the molecule is C1=C(c2ccccc2)C(c2ccccc2)CNC1. The predicted octanol–water partition coefficient (Wildman–Crippen LogP) is 3.46. The fourth-order valence-electron chi connectivity index (χ4n) is 2.59. The Morgan fingerprint density at radius 3 is 2.22 bits per heavy atom. The normalized spacial score (nSPS) is 19.3. The largest absolute Gasteiger partial charge is 0.312 e. The summed E-state index contributed by atoms with van der Waals surface area (Å²) in [5.74, 6) is 0.461. The standard InChI is InChI=1S/C17H17N/c1-3-7-14(8-4-1)16-11-12-18-13-17(16)15-9-5-2-6-10-15/h1-11,17-18H,12-13H2. The molecule has 0 amide bonds. The molecule has 1 aliphatic heterocycles. The summed E-state index contributed by atoms with van der Waals surface area (Å²) in [4.78, 5) is 0. The van der Waals surface area contributed by atoms with Gasteiger partial charge in [0.1, 0.15) is 0 Å². The molecule has 18 heavy (non-hydrogen) atoms. The third kappa shape index (κ3) is 2.22. The molecule has 0 saturated heterocycles. The average Bonchev–Trinajstić information content (AvgIpc) is 2.49. The summed E-state index contributed by atoms with van der Waals surface area (Å²) in [6.45, 7) is 1.98. The van der Waals surface area contributed by atoms with Crippen molar-refractivity contribution in [2.24, 2.45) is 0 Å². The zero-order chi connectivity index (χ0) is 12.2. The molecule has 3 rings (SSSR count). The van der Waals surface area contributed by atoms with Crippen LogP contribution >= 0.6 is 0 Å². The van der Waals surface area contributed by atoms with Crippen LogP contribution in [0.4, 0.5) is 0 Å². The number of nitrogens with one attached hydrogen (secondary N) is 1. The average molecular weight is 235 g/mol. The van der Waals surface area contributed by atoms with Gasteiger partial charge in [-0.2, -0.15) is 0 Å². The molecule has 1 heteroatoms. The Labute approximate surface area is 108 Å². The first-order valence-electron chi connectivity index (χ1n) is 6.46. The van der Waals surface area contributed by atoms with Gasteiger partial charge in [-0.1, -0.05) is 66.7 Å². The van der Waals surface area contributed by atoms with Crippen LogP contribution in [0.15, 0.2) is 66.7 Å². The highest BCUT2D eigenvalue weighted by Crippen LogP contribution is 2.32. The van der Waals surface area contributed by atoms with E-state index in [1.807, 2.05) is 0 Å². The summed E-state index contributed by atoms with van der Waals surface area (Å²) in [6, 6.07) is 21.4. The number of rotatable bonds is 2. The molecule has 0 aromatic heterocycles. The molecule has 1 nitrogen and oxygen atoms in total. The monoisotopic (exact) mass is 235 g/mol. The summed E-state index contributed by atoms with van der Waals surface area (Å²) in [5, 5.41) is 3.46. The molecule has 1 N–H and O–H groups in total.